The molecule has 1 saturated heterocycles. The Morgan fingerprint density at radius 3 is 2.63 bits per heavy atom. The van der Waals surface area contributed by atoms with E-state index in [9.17, 15) is 4.79 Å². The second-order valence-electron chi connectivity index (χ2n) is 11.5. The Hall–Kier alpha value is -3.16. The number of aryl methyl sites for hydroxylation is 1. The van der Waals surface area contributed by atoms with Crippen LogP contribution in [0.4, 0.5) is 4.79 Å². The highest BCUT2D eigenvalue weighted by Gasteiger charge is 2.35. The van der Waals surface area contributed by atoms with Crippen molar-refractivity contribution >= 4 is 29.3 Å². The van der Waals surface area contributed by atoms with E-state index in [2.05, 4.69) is 66.4 Å². The van der Waals surface area contributed by atoms with E-state index in [0.717, 1.165) is 35.6 Å². The van der Waals surface area contributed by atoms with E-state index >= 15 is 0 Å². The van der Waals surface area contributed by atoms with Crippen LogP contribution in [0.15, 0.2) is 49.1 Å². The standard InChI is InChI=1S/C30H36ClN5O2/c1-20(26-17-32-19-34(26)5)24-15-21-7-6-10-33-27(21)28(23-9-8-22(31)16-25(23)24)35-11-13-36(14-12-35)29(37)38-18-30(2,3)4/h6-10,15-17,19-20,28H,11-14,18H2,1-5H3/t20-,28+/m1/s1. The van der Waals surface area contributed by atoms with Gasteiger partial charge in [0, 0.05) is 62.3 Å². The highest BCUT2D eigenvalue weighted by Crippen LogP contribution is 2.44. The van der Waals surface area contributed by atoms with Crippen LogP contribution in [0.3, 0.4) is 0 Å². The molecule has 38 heavy (non-hydrogen) atoms. The summed E-state index contributed by atoms with van der Waals surface area (Å²) in [6.07, 6.45) is 7.66. The Bertz CT molecular complexity index is 1350. The molecule has 2 aromatic heterocycles. The number of aromatic nitrogens is 3. The van der Waals surface area contributed by atoms with Crippen LogP contribution in [0.25, 0.3) is 11.6 Å². The third-order valence-electron chi connectivity index (χ3n) is 7.39. The first-order valence-corrected chi connectivity index (χ1v) is 13.6. The number of rotatable bonds is 4. The van der Waals surface area contributed by atoms with E-state index in [1.807, 2.05) is 42.8 Å². The Balaban J connectivity index is 1.49. The quantitative estimate of drug-likeness (QED) is 0.410. The molecule has 8 heteroatoms. The molecule has 200 valence electrons. The van der Waals surface area contributed by atoms with Crippen molar-refractivity contribution in [2.45, 2.75) is 39.7 Å². The monoisotopic (exact) mass is 533 g/mol. The van der Waals surface area contributed by atoms with Gasteiger partial charge in [-0.1, -0.05) is 51.4 Å². The number of benzene rings is 1. The van der Waals surface area contributed by atoms with Crippen molar-refractivity contribution in [3.05, 3.63) is 82.2 Å². The number of fused-ring (bicyclic) bond motifs is 2. The zero-order valence-electron chi connectivity index (χ0n) is 22.8. The Morgan fingerprint density at radius 1 is 1.18 bits per heavy atom. The largest absolute Gasteiger partial charge is 0.449 e. The van der Waals surface area contributed by atoms with Crippen molar-refractivity contribution < 1.29 is 9.53 Å². The number of halogens is 1. The third-order valence-corrected chi connectivity index (χ3v) is 7.63. The molecule has 1 aromatic carbocycles. The fourth-order valence-corrected chi connectivity index (χ4v) is 5.57. The number of imidazole rings is 1. The molecule has 2 atom stereocenters. The second kappa shape index (κ2) is 10.5. The fourth-order valence-electron chi connectivity index (χ4n) is 5.39. The number of allylic oxidation sites excluding steroid dienone is 1. The van der Waals surface area contributed by atoms with Crippen LogP contribution in [0.5, 0.6) is 0 Å². The van der Waals surface area contributed by atoms with Crippen molar-refractivity contribution in [3.63, 3.8) is 0 Å². The number of carbonyl (C=O) groups excluding carboxylic acids is 1. The van der Waals surface area contributed by atoms with Crippen molar-refractivity contribution in [2.75, 3.05) is 32.8 Å². The predicted molar refractivity (Wildman–Crippen MR) is 151 cm³/mol. The van der Waals surface area contributed by atoms with Gasteiger partial charge in [0.25, 0.3) is 0 Å². The Labute approximate surface area is 230 Å². The molecule has 7 nitrogen and oxygen atoms in total. The molecule has 1 aliphatic carbocycles. The number of hydrogen-bond donors (Lipinski definition) is 0. The summed E-state index contributed by atoms with van der Waals surface area (Å²) in [7, 11) is 2.03. The zero-order valence-corrected chi connectivity index (χ0v) is 23.6. The first-order chi connectivity index (χ1) is 18.1. The van der Waals surface area contributed by atoms with Crippen LogP contribution in [0.1, 0.15) is 67.7 Å². The Kier molecular flexibility index (Phi) is 7.34. The van der Waals surface area contributed by atoms with Gasteiger partial charge in [-0.2, -0.15) is 0 Å². The van der Waals surface area contributed by atoms with E-state index in [0.29, 0.717) is 24.7 Å². The molecule has 0 saturated carbocycles. The summed E-state index contributed by atoms with van der Waals surface area (Å²) in [5.74, 6) is 0.0981. The minimum atomic E-state index is -0.236. The van der Waals surface area contributed by atoms with Gasteiger partial charge in [-0.25, -0.2) is 9.78 Å². The average molecular weight is 534 g/mol. The maximum atomic E-state index is 12.7. The number of nitrogens with zero attached hydrogens (tertiary/aromatic N) is 5. The molecule has 0 spiro atoms. The number of amides is 1. The molecular weight excluding hydrogens is 498 g/mol. The summed E-state index contributed by atoms with van der Waals surface area (Å²) in [6.45, 7) is 11.5. The van der Waals surface area contributed by atoms with E-state index in [-0.39, 0.29) is 23.5 Å². The van der Waals surface area contributed by atoms with Crippen LogP contribution in [0, 0.1) is 5.41 Å². The van der Waals surface area contributed by atoms with Gasteiger partial charge in [-0.05, 0) is 52.0 Å². The summed E-state index contributed by atoms with van der Waals surface area (Å²) in [5.41, 5.74) is 6.68. The number of hydrogen-bond acceptors (Lipinski definition) is 5. The molecule has 5 rings (SSSR count). The second-order valence-corrected chi connectivity index (χ2v) is 11.9. The van der Waals surface area contributed by atoms with Crippen molar-refractivity contribution in [1.82, 2.24) is 24.3 Å². The maximum absolute atomic E-state index is 12.7. The fraction of sp³-hybridized carbons (Fsp3) is 0.433. The van der Waals surface area contributed by atoms with Gasteiger partial charge in [-0.3, -0.25) is 9.88 Å². The van der Waals surface area contributed by atoms with Crippen LogP contribution >= 0.6 is 11.6 Å². The highest BCUT2D eigenvalue weighted by molar-refractivity contribution is 6.30. The molecule has 0 N–H and O–H groups in total. The zero-order chi connectivity index (χ0) is 27.0. The first-order valence-electron chi connectivity index (χ1n) is 13.2. The molecule has 2 aliphatic rings. The minimum Gasteiger partial charge on any atom is -0.449 e. The van der Waals surface area contributed by atoms with Gasteiger partial charge in [-0.15, -0.1) is 0 Å². The van der Waals surface area contributed by atoms with Gasteiger partial charge in [0.2, 0.25) is 0 Å². The normalized spacial score (nSPS) is 18.7. The number of piperazine rings is 1. The third kappa shape index (κ3) is 5.36. The number of pyridine rings is 1. The molecule has 1 fully saturated rings. The summed E-state index contributed by atoms with van der Waals surface area (Å²) in [4.78, 5) is 26.2. The maximum Gasteiger partial charge on any atom is 0.409 e. The van der Waals surface area contributed by atoms with Crippen molar-refractivity contribution in [1.29, 1.82) is 0 Å². The summed E-state index contributed by atoms with van der Waals surface area (Å²) < 4.78 is 7.65. The van der Waals surface area contributed by atoms with Gasteiger partial charge in [0.15, 0.2) is 0 Å². The van der Waals surface area contributed by atoms with Gasteiger partial charge < -0.3 is 14.2 Å². The number of carbonyl (C=O) groups is 1. The van der Waals surface area contributed by atoms with Gasteiger partial charge >= 0.3 is 6.09 Å². The van der Waals surface area contributed by atoms with Crippen molar-refractivity contribution in [3.8, 4) is 0 Å². The van der Waals surface area contributed by atoms with Crippen molar-refractivity contribution in [2.24, 2.45) is 12.5 Å². The molecule has 3 aromatic rings. The summed E-state index contributed by atoms with van der Waals surface area (Å²) >= 11 is 6.58. The topological polar surface area (TPSA) is 63.5 Å². The number of ether oxygens (including phenoxy) is 1. The minimum absolute atomic E-state index is 0.0568. The lowest BCUT2D eigenvalue weighted by Crippen LogP contribution is -2.50. The lowest BCUT2D eigenvalue weighted by molar-refractivity contribution is 0.0494. The highest BCUT2D eigenvalue weighted by atomic mass is 35.5. The smallest absolute Gasteiger partial charge is 0.409 e. The Morgan fingerprint density at radius 2 is 1.95 bits per heavy atom. The first kappa shape index (κ1) is 26.4. The molecule has 0 radical (unpaired) electrons. The molecule has 0 unspecified atom stereocenters. The van der Waals surface area contributed by atoms with E-state index in [1.165, 1.54) is 11.1 Å². The van der Waals surface area contributed by atoms with Crippen LogP contribution < -0.4 is 0 Å². The van der Waals surface area contributed by atoms with Crippen LogP contribution in [0.2, 0.25) is 5.02 Å². The van der Waals surface area contributed by atoms with Gasteiger partial charge in [0.05, 0.1) is 24.7 Å². The molecule has 3 heterocycles. The predicted octanol–water partition coefficient (Wildman–Crippen LogP) is 6.02. The van der Waals surface area contributed by atoms with E-state index in [1.54, 1.807) is 0 Å². The lowest BCUT2D eigenvalue weighted by atomic mass is 9.87. The average Bonchev–Trinajstić information content (AvgIpc) is 3.26. The SMILES string of the molecule is C[C@H](C1=Cc2cccnc2[C@@H](N2CCN(C(=O)OCC(C)(C)C)CC2)c2ccc(Cl)cc21)c1cncn1C. The molecular formula is C30H36ClN5O2. The van der Waals surface area contributed by atoms with Crippen LogP contribution in [-0.4, -0.2) is 63.2 Å². The van der Waals surface area contributed by atoms with Crippen LogP contribution in [-0.2, 0) is 11.8 Å². The molecule has 0 bridgehead atoms. The van der Waals surface area contributed by atoms with E-state index in [4.69, 9.17) is 21.3 Å². The summed E-state index contributed by atoms with van der Waals surface area (Å²) in [6, 6.07) is 10.3. The summed E-state index contributed by atoms with van der Waals surface area (Å²) in [5, 5.41) is 0.705. The van der Waals surface area contributed by atoms with E-state index < -0.39 is 0 Å². The van der Waals surface area contributed by atoms with Gasteiger partial charge in [0.1, 0.15) is 0 Å². The molecule has 1 aliphatic heterocycles. The molecule has 1 amide bonds. The lowest BCUT2D eigenvalue weighted by Gasteiger charge is -2.39.